The van der Waals surface area contributed by atoms with Gasteiger partial charge in [-0.1, -0.05) is 52.5 Å². The molecule has 0 saturated heterocycles. The second-order valence-electron chi connectivity index (χ2n) is 5.53. The first-order chi connectivity index (χ1) is 9.92. The van der Waals surface area contributed by atoms with Gasteiger partial charge in [-0.15, -0.1) is 11.3 Å². The van der Waals surface area contributed by atoms with E-state index in [0.717, 1.165) is 25.7 Å². The fraction of sp³-hybridized carbons (Fsp3) is 0.733. The van der Waals surface area contributed by atoms with E-state index in [1.165, 1.54) is 11.3 Å². The molecule has 0 aliphatic rings. The number of sulfonamides is 1. The Morgan fingerprint density at radius 1 is 1.33 bits per heavy atom. The van der Waals surface area contributed by atoms with Crippen molar-refractivity contribution in [3.8, 4) is 0 Å². The Balaban J connectivity index is 2.78. The largest absolute Gasteiger partial charge is 0.391 e. The molecule has 0 aromatic carbocycles. The fourth-order valence-electron chi connectivity index (χ4n) is 2.26. The molecule has 4 nitrogen and oxygen atoms in total. The van der Waals surface area contributed by atoms with E-state index in [4.69, 9.17) is 0 Å². The molecule has 1 unspecified atom stereocenters. The second-order valence-corrected chi connectivity index (χ2v) is 8.42. The fourth-order valence-corrected chi connectivity index (χ4v) is 4.65. The lowest BCUT2D eigenvalue weighted by Gasteiger charge is -2.28. The lowest BCUT2D eigenvalue weighted by atomic mass is 9.92. The van der Waals surface area contributed by atoms with Crippen molar-refractivity contribution >= 4 is 21.4 Å². The van der Waals surface area contributed by atoms with Crippen LogP contribution in [0.4, 0.5) is 0 Å². The van der Waals surface area contributed by atoms with Gasteiger partial charge in [-0.2, -0.15) is 0 Å². The Hall–Kier alpha value is -0.430. The highest BCUT2D eigenvalue weighted by atomic mass is 32.2. The highest BCUT2D eigenvalue weighted by Gasteiger charge is 2.29. The third kappa shape index (κ3) is 5.70. The maximum absolute atomic E-state index is 12.3. The summed E-state index contributed by atoms with van der Waals surface area (Å²) in [6.07, 6.45) is 3.88. The van der Waals surface area contributed by atoms with Crippen LogP contribution in [0.15, 0.2) is 21.7 Å². The topological polar surface area (TPSA) is 66.4 Å². The zero-order valence-electron chi connectivity index (χ0n) is 13.1. The normalized spacial score (nSPS) is 16.6. The predicted molar refractivity (Wildman–Crippen MR) is 88.0 cm³/mol. The van der Waals surface area contributed by atoms with Crippen LogP contribution in [0.2, 0.25) is 0 Å². The predicted octanol–water partition coefficient (Wildman–Crippen LogP) is 3.38. The molecule has 0 fully saturated rings. The minimum atomic E-state index is -3.54. The lowest BCUT2D eigenvalue weighted by Crippen LogP contribution is -2.47. The number of rotatable bonds is 10. The number of hydrogen-bond acceptors (Lipinski definition) is 4. The molecule has 3 atom stereocenters. The van der Waals surface area contributed by atoms with Gasteiger partial charge in [0.15, 0.2) is 0 Å². The Morgan fingerprint density at radius 2 is 2.05 bits per heavy atom. The molecule has 0 saturated carbocycles. The van der Waals surface area contributed by atoms with E-state index in [2.05, 4.69) is 11.6 Å². The van der Waals surface area contributed by atoms with Gasteiger partial charge in [0.2, 0.25) is 10.0 Å². The average molecular weight is 334 g/mol. The number of aliphatic hydroxyl groups is 1. The Labute approximate surface area is 132 Å². The van der Waals surface area contributed by atoms with E-state index in [1.807, 2.05) is 13.8 Å². The van der Waals surface area contributed by atoms with Crippen molar-refractivity contribution in [2.75, 3.05) is 0 Å². The van der Waals surface area contributed by atoms with E-state index in [1.54, 1.807) is 17.5 Å². The Bertz CT molecular complexity index is 485. The van der Waals surface area contributed by atoms with Crippen LogP contribution < -0.4 is 4.72 Å². The molecule has 1 aromatic heterocycles. The number of nitrogens with one attached hydrogen (secondary N) is 1. The summed E-state index contributed by atoms with van der Waals surface area (Å²) in [4.78, 5) is 0. The van der Waals surface area contributed by atoms with Crippen LogP contribution in [0.5, 0.6) is 0 Å². The summed E-state index contributed by atoms with van der Waals surface area (Å²) in [6, 6.07) is 2.87. The van der Waals surface area contributed by atoms with E-state index < -0.39 is 22.2 Å². The van der Waals surface area contributed by atoms with E-state index in [0.29, 0.717) is 10.6 Å². The van der Waals surface area contributed by atoms with Gasteiger partial charge in [-0.3, -0.25) is 0 Å². The summed E-state index contributed by atoms with van der Waals surface area (Å²) in [5.41, 5.74) is 0. The maximum atomic E-state index is 12.3. The number of aliphatic hydroxyl groups excluding tert-OH is 1. The molecule has 0 radical (unpaired) electrons. The SMILES string of the molecule is CCCCCC(O)[C@@H](NS(=O)(=O)c1cccs1)[C@@H](C)CC. The van der Waals surface area contributed by atoms with Crippen LogP contribution in [0, 0.1) is 5.92 Å². The van der Waals surface area contributed by atoms with Crippen molar-refractivity contribution in [1.29, 1.82) is 0 Å². The molecule has 122 valence electrons. The summed E-state index contributed by atoms with van der Waals surface area (Å²) in [6.45, 7) is 6.10. The molecule has 1 rings (SSSR count). The Kier molecular flexibility index (Phi) is 7.87. The first-order valence-electron chi connectivity index (χ1n) is 7.66. The lowest BCUT2D eigenvalue weighted by molar-refractivity contribution is 0.100. The van der Waals surface area contributed by atoms with Crippen LogP contribution in [0.3, 0.4) is 0 Å². The minimum Gasteiger partial charge on any atom is -0.391 e. The summed E-state index contributed by atoms with van der Waals surface area (Å²) in [5, 5.41) is 12.1. The molecule has 0 amide bonds. The van der Waals surface area contributed by atoms with Gasteiger partial charge in [0.25, 0.3) is 0 Å². The standard InChI is InChI=1S/C15H27NO3S2/c1-4-6-7-9-13(17)15(12(3)5-2)16-21(18,19)14-10-8-11-20-14/h8,10-13,15-17H,4-7,9H2,1-3H3/t12-,13?,15-/m0/s1. The first kappa shape index (κ1) is 18.6. The monoisotopic (exact) mass is 333 g/mol. The molecule has 0 spiro atoms. The number of unbranched alkanes of at least 4 members (excludes halogenated alkanes) is 2. The molecule has 2 N–H and O–H groups in total. The van der Waals surface area contributed by atoms with Crippen LogP contribution in [0.25, 0.3) is 0 Å². The smallest absolute Gasteiger partial charge is 0.250 e. The van der Waals surface area contributed by atoms with Gasteiger partial charge in [-0.05, 0) is 23.8 Å². The van der Waals surface area contributed by atoms with Crippen molar-refractivity contribution in [2.45, 2.75) is 69.2 Å². The van der Waals surface area contributed by atoms with Gasteiger partial charge in [-0.25, -0.2) is 13.1 Å². The van der Waals surface area contributed by atoms with Gasteiger partial charge < -0.3 is 5.11 Å². The summed E-state index contributed by atoms with van der Waals surface area (Å²) < 4.78 is 27.7. The zero-order chi connectivity index (χ0) is 15.9. The van der Waals surface area contributed by atoms with E-state index >= 15 is 0 Å². The molecule has 6 heteroatoms. The molecular formula is C15H27NO3S2. The zero-order valence-corrected chi connectivity index (χ0v) is 14.7. The van der Waals surface area contributed by atoms with Crippen molar-refractivity contribution in [3.05, 3.63) is 17.5 Å². The second kappa shape index (κ2) is 8.88. The molecule has 1 aromatic rings. The van der Waals surface area contributed by atoms with Crippen molar-refractivity contribution < 1.29 is 13.5 Å². The molecule has 0 aliphatic carbocycles. The van der Waals surface area contributed by atoms with Gasteiger partial charge >= 0.3 is 0 Å². The highest BCUT2D eigenvalue weighted by Crippen LogP contribution is 2.21. The Morgan fingerprint density at radius 3 is 2.57 bits per heavy atom. The summed E-state index contributed by atoms with van der Waals surface area (Å²) in [5.74, 6) is 0.0939. The third-order valence-electron chi connectivity index (χ3n) is 3.83. The van der Waals surface area contributed by atoms with Crippen molar-refractivity contribution in [2.24, 2.45) is 5.92 Å². The molecular weight excluding hydrogens is 306 g/mol. The first-order valence-corrected chi connectivity index (χ1v) is 10.0. The van der Waals surface area contributed by atoms with Crippen LogP contribution in [-0.4, -0.2) is 25.7 Å². The van der Waals surface area contributed by atoms with Crippen molar-refractivity contribution in [3.63, 3.8) is 0 Å². The molecule has 0 aliphatic heterocycles. The van der Waals surface area contributed by atoms with E-state index in [9.17, 15) is 13.5 Å². The van der Waals surface area contributed by atoms with Crippen molar-refractivity contribution in [1.82, 2.24) is 4.72 Å². The van der Waals surface area contributed by atoms with Crippen LogP contribution in [0.1, 0.15) is 52.9 Å². The average Bonchev–Trinajstić information content (AvgIpc) is 2.99. The quantitative estimate of drug-likeness (QED) is 0.645. The summed E-state index contributed by atoms with van der Waals surface area (Å²) >= 11 is 1.19. The van der Waals surface area contributed by atoms with Gasteiger partial charge in [0, 0.05) is 0 Å². The summed E-state index contributed by atoms with van der Waals surface area (Å²) in [7, 11) is -3.54. The van der Waals surface area contributed by atoms with Gasteiger partial charge in [0.1, 0.15) is 4.21 Å². The number of thiophene rings is 1. The highest BCUT2D eigenvalue weighted by molar-refractivity contribution is 7.91. The third-order valence-corrected chi connectivity index (χ3v) is 6.68. The van der Waals surface area contributed by atoms with E-state index in [-0.39, 0.29) is 5.92 Å². The molecule has 0 bridgehead atoms. The maximum Gasteiger partial charge on any atom is 0.250 e. The van der Waals surface area contributed by atoms with Crippen LogP contribution in [-0.2, 0) is 10.0 Å². The van der Waals surface area contributed by atoms with Crippen LogP contribution >= 0.6 is 11.3 Å². The molecule has 21 heavy (non-hydrogen) atoms. The molecule has 1 heterocycles. The number of hydrogen-bond donors (Lipinski definition) is 2. The minimum absolute atomic E-state index is 0.0939. The van der Waals surface area contributed by atoms with Gasteiger partial charge in [0.05, 0.1) is 12.1 Å².